The topological polar surface area (TPSA) is 61.2 Å². The van der Waals surface area contributed by atoms with Crippen molar-refractivity contribution < 1.29 is 9.47 Å². The van der Waals surface area contributed by atoms with E-state index in [1.54, 1.807) is 25.2 Å². The number of nitrogens with zero attached hydrogens (tertiary/aromatic N) is 3. The van der Waals surface area contributed by atoms with E-state index < -0.39 is 0 Å². The fraction of sp³-hybridized carbons (Fsp3) is 0.263. The highest BCUT2D eigenvalue weighted by molar-refractivity contribution is 5.39. The van der Waals surface area contributed by atoms with Crippen LogP contribution in [0, 0.1) is 0 Å². The smallest absolute Gasteiger partial charge is 0.140 e. The second-order valence-corrected chi connectivity index (χ2v) is 5.67. The normalized spacial score (nSPS) is 10.9. The number of hydrogen-bond acceptors (Lipinski definition) is 5. The van der Waals surface area contributed by atoms with E-state index in [0.29, 0.717) is 6.54 Å². The van der Waals surface area contributed by atoms with Gasteiger partial charge in [0.25, 0.3) is 0 Å². The molecule has 3 rings (SSSR count). The zero-order valence-electron chi connectivity index (χ0n) is 14.6. The van der Waals surface area contributed by atoms with Crippen LogP contribution in [0.15, 0.2) is 54.9 Å². The van der Waals surface area contributed by atoms with Crippen LogP contribution in [0.3, 0.4) is 0 Å². The molecule has 0 unspecified atom stereocenters. The third kappa shape index (κ3) is 3.97. The van der Waals surface area contributed by atoms with E-state index in [-0.39, 0.29) is 6.04 Å². The van der Waals surface area contributed by atoms with Crippen molar-refractivity contribution in [2.24, 2.45) is 7.05 Å². The van der Waals surface area contributed by atoms with Crippen LogP contribution in [0.25, 0.3) is 0 Å². The summed E-state index contributed by atoms with van der Waals surface area (Å²) in [5, 5.41) is 7.68. The highest BCUT2D eigenvalue weighted by Crippen LogP contribution is 2.27. The van der Waals surface area contributed by atoms with E-state index in [2.05, 4.69) is 27.5 Å². The Bertz CT molecular complexity index is 784. The lowest BCUT2D eigenvalue weighted by Crippen LogP contribution is -2.24. The van der Waals surface area contributed by atoms with Crippen molar-refractivity contribution in [2.45, 2.75) is 12.6 Å². The summed E-state index contributed by atoms with van der Waals surface area (Å²) in [6.45, 7) is 0.593. The first kappa shape index (κ1) is 17.0. The fourth-order valence-electron chi connectivity index (χ4n) is 2.74. The molecule has 1 N–H and O–H groups in total. The van der Waals surface area contributed by atoms with Crippen LogP contribution < -0.4 is 14.8 Å². The van der Waals surface area contributed by atoms with Gasteiger partial charge in [-0.15, -0.1) is 0 Å². The van der Waals surface area contributed by atoms with Crippen molar-refractivity contribution in [1.82, 2.24) is 20.1 Å². The Kier molecular flexibility index (Phi) is 5.30. The highest BCUT2D eigenvalue weighted by atomic mass is 16.5. The molecule has 130 valence electrons. The molecule has 0 aliphatic rings. The third-order valence-electron chi connectivity index (χ3n) is 4.12. The Morgan fingerprint density at radius 3 is 2.08 bits per heavy atom. The minimum absolute atomic E-state index is 0.0260. The molecular formula is C19H22N4O2. The first-order chi connectivity index (χ1) is 12.2. The van der Waals surface area contributed by atoms with E-state index in [9.17, 15) is 0 Å². The average Bonchev–Trinajstić information content (AvgIpc) is 3.07. The third-order valence-corrected chi connectivity index (χ3v) is 4.12. The van der Waals surface area contributed by atoms with Crippen molar-refractivity contribution in [3.05, 3.63) is 71.8 Å². The van der Waals surface area contributed by atoms with E-state index >= 15 is 0 Å². The largest absolute Gasteiger partial charge is 0.497 e. The molecule has 0 atom stereocenters. The number of ether oxygens (including phenoxy) is 2. The number of methoxy groups -OCH3 is 2. The molecule has 0 aliphatic carbocycles. The van der Waals surface area contributed by atoms with Gasteiger partial charge in [0.05, 0.1) is 26.8 Å². The molecule has 3 aromatic rings. The second kappa shape index (κ2) is 7.81. The summed E-state index contributed by atoms with van der Waals surface area (Å²) in [6, 6.07) is 16.1. The van der Waals surface area contributed by atoms with Gasteiger partial charge >= 0.3 is 0 Å². The number of hydrogen-bond donors (Lipinski definition) is 1. The summed E-state index contributed by atoms with van der Waals surface area (Å²) in [5.41, 5.74) is 2.21. The Hall–Kier alpha value is -2.86. The van der Waals surface area contributed by atoms with Gasteiger partial charge in [0, 0.05) is 7.05 Å². The van der Waals surface area contributed by atoms with Crippen LogP contribution >= 0.6 is 0 Å². The quantitative estimate of drug-likeness (QED) is 0.718. The predicted octanol–water partition coefficient (Wildman–Crippen LogP) is 2.71. The van der Waals surface area contributed by atoms with Crippen LogP contribution in [0.2, 0.25) is 0 Å². The molecule has 0 aliphatic heterocycles. The zero-order valence-corrected chi connectivity index (χ0v) is 14.6. The fourth-order valence-corrected chi connectivity index (χ4v) is 2.74. The standard InChI is InChI=1S/C19H22N4O2/c1-23-18(21-13-22-23)12-20-19(14-6-4-8-16(10-14)24-2)15-7-5-9-17(11-15)25-3/h4-11,13,19-20H,12H2,1-3H3. The molecule has 0 radical (unpaired) electrons. The van der Waals surface area contributed by atoms with Gasteiger partial charge in [-0.1, -0.05) is 24.3 Å². The van der Waals surface area contributed by atoms with Crippen LogP contribution in [0.1, 0.15) is 23.0 Å². The van der Waals surface area contributed by atoms with E-state index in [4.69, 9.17) is 9.47 Å². The molecule has 0 bridgehead atoms. The molecular weight excluding hydrogens is 316 g/mol. The lowest BCUT2D eigenvalue weighted by Gasteiger charge is -2.21. The molecule has 6 nitrogen and oxygen atoms in total. The number of aryl methyl sites for hydroxylation is 1. The molecule has 25 heavy (non-hydrogen) atoms. The Balaban J connectivity index is 1.93. The summed E-state index contributed by atoms with van der Waals surface area (Å²) >= 11 is 0. The van der Waals surface area contributed by atoms with Crippen LogP contribution in [-0.2, 0) is 13.6 Å². The number of rotatable bonds is 7. The van der Waals surface area contributed by atoms with Gasteiger partial charge in [-0.05, 0) is 35.4 Å². The molecule has 0 fully saturated rings. The summed E-state index contributed by atoms with van der Waals surface area (Å²) in [4.78, 5) is 4.28. The Morgan fingerprint density at radius 2 is 1.60 bits per heavy atom. The van der Waals surface area contributed by atoms with Crippen molar-refractivity contribution in [1.29, 1.82) is 0 Å². The summed E-state index contributed by atoms with van der Waals surface area (Å²) in [7, 11) is 5.23. The average molecular weight is 338 g/mol. The molecule has 1 heterocycles. The van der Waals surface area contributed by atoms with E-state index in [1.165, 1.54) is 0 Å². The molecule has 0 spiro atoms. The number of aromatic nitrogens is 3. The minimum atomic E-state index is -0.0260. The van der Waals surface area contributed by atoms with Crippen molar-refractivity contribution in [2.75, 3.05) is 14.2 Å². The Labute approximate surface area is 147 Å². The van der Waals surface area contributed by atoms with Crippen molar-refractivity contribution in [3.8, 4) is 11.5 Å². The molecule has 6 heteroatoms. The van der Waals surface area contributed by atoms with Gasteiger partial charge in [-0.3, -0.25) is 10.00 Å². The van der Waals surface area contributed by atoms with E-state index in [0.717, 1.165) is 28.5 Å². The monoisotopic (exact) mass is 338 g/mol. The lowest BCUT2D eigenvalue weighted by atomic mass is 9.98. The maximum absolute atomic E-state index is 5.38. The van der Waals surface area contributed by atoms with Gasteiger partial charge in [-0.2, -0.15) is 5.10 Å². The summed E-state index contributed by atoms with van der Waals surface area (Å²) in [5.74, 6) is 2.52. The summed E-state index contributed by atoms with van der Waals surface area (Å²) < 4.78 is 12.5. The molecule has 0 saturated carbocycles. The maximum atomic E-state index is 5.38. The molecule has 2 aromatic carbocycles. The van der Waals surface area contributed by atoms with Gasteiger partial charge in [-0.25, -0.2) is 4.98 Å². The maximum Gasteiger partial charge on any atom is 0.140 e. The van der Waals surface area contributed by atoms with Crippen LogP contribution in [0.5, 0.6) is 11.5 Å². The summed E-state index contributed by atoms with van der Waals surface area (Å²) in [6.07, 6.45) is 1.56. The first-order valence-corrected chi connectivity index (χ1v) is 8.05. The lowest BCUT2D eigenvalue weighted by molar-refractivity contribution is 0.412. The number of benzene rings is 2. The Morgan fingerprint density at radius 1 is 1.00 bits per heavy atom. The SMILES string of the molecule is COc1cccc(C(NCc2ncnn2C)c2cccc(OC)c2)c1. The predicted molar refractivity (Wildman–Crippen MR) is 95.7 cm³/mol. The van der Waals surface area contributed by atoms with Gasteiger partial charge in [0.2, 0.25) is 0 Å². The van der Waals surface area contributed by atoms with Crippen LogP contribution in [-0.4, -0.2) is 29.0 Å². The van der Waals surface area contributed by atoms with Crippen molar-refractivity contribution >= 4 is 0 Å². The first-order valence-electron chi connectivity index (χ1n) is 8.05. The minimum Gasteiger partial charge on any atom is -0.497 e. The van der Waals surface area contributed by atoms with Crippen LogP contribution in [0.4, 0.5) is 0 Å². The van der Waals surface area contributed by atoms with Gasteiger partial charge < -0.3 is 9.47 Å². The second-order valence-electron chi connectivity index (χ2n) is 5.67. The number of nitrogens with one attached hydrogen (secondary N) is 1. The molecule has 0 amide bonds. The van der Waals surface area contributed by atoms with Crippen molar-refractivity contribution in [3.63, 3.8) is 0 Å². The zero-order chi connectivity index (χ0) is 17.6. The van der Waals surface area contributed by atoms with E-state index in [1.807, 2.05) is 43.4 Å². The molecule has 0 saturated heterocycles. The van der Waals surface area contributed by atoms with Gasteiger partial charge in [0.1, 0.15) is 23.7 Å². The molecule has 1 aromatic heterocycles. The van der Waals surface area contributed by atoms with Gasteiger partial charge in [0.15, 0.2) is 0 Å². The highest BCUT2D eigenvalue weighted by Gasteiger charge is 2.16.